The average molecular weight is 283 g/mol. The highest BCUT2D eigenvalue weighted by Crippen LogP contribution is 2.30. The van der Waals surface area contributed by atoms with Gasteiger partial charge < -0.3 is 11.1 Å². The Hall–Kier alpha value is -1.21. The van der Waals surface area contributed by atoms with Gasteiger partial charge in [-0.05, 0) is 26.3 Å². The van der Waals surface area contributed by atoms with Crippen molar-refractivity contribution in [3.8, 4) is 0 Å². The van der Waals surface area contributed by atoms with Gasteiger partial charge in [0.1, 0.15) is 5.01 Å². The number of carbonyl (C=O) groups excluding carboxylic acids is 1. The summed E-state index contributed by atoms with van der Waals surface area (Å²) in [5.41, 5.74) is 5.05. The molecule has 0 saturated carbocycles. The molecule has 0 radical (unpaired) electrons. The summed E-state index contributed by atoms with van der Waals surface area (Å²) in [6.07, 6.45) is 1.89. The number of nitrogens with zero attached hydrogens (tertiary/aromatic N) is 3. The van der Waals surface area contributed by atoms with Gasteiger partial charge in [-0.2, -0.15) is 0 Å². The van der Waals surface area contributed by atoms with Gasteiger partial charge >= 0.3 is 0 Å². The lowest BCUT2D eigenvalue weighted by molar-refractivity contribution is -0.126. The number of amides is 1. The first-order valence-corrected chi connectivity index (χ1v) is 7.43. The Morgan fingerprint density at radius 1 is 1.58 bits per heavy atom. The van der Waals surface area contributed by atoms with Gasteiger partial charge in [-0.3, -0.25) is 9.69 Å². The highest BCUT2D eigenvalue weighted by molar-refractivity contribution is 7.15. The second-order valence-electron chi connectivity index (χ2n) is 5.31. The van der Waals surface area contributed by atoms with Gasteiger partial charge in [-0.1, -0.05) is 18.3 Å². The molecule has 0 aliphatic carbocycles. The molecule has 1 amide bonds. The fourth-order valence-corrected chi connectivity index (χ4v) is 3.01. The van der Waals surface area contributed by atoms with E-state index in [4.69, 9.17) is 5.73 Å². The van der Waals surface area contributed by atoms with Crippen molar-refractivity contribution in [1.82, 2.24) is 15.1 Å². The zero-order valence-electron chi connectivity index (χ0n) is 11.5. The van der Waals surface area contributed by atoms with E-state index in [0.717, 1.165) is 42.6 Å². The second-order valence-corrected chi connectivity index (χ2v) is 6.38. The van der Waals surface area contributed by atoms with Crippen LogP contribution in [0.3, 0.4) is 0 Å². The molecule has 1 fully saturated rings. The van der Waals surface area contributed by atoms with E-state index in [1.165, 1.54) is 0 Å². The summed E-state index contributed by atoms with van der Waals surface area (Å²) in [5, 5.41) is 13.4. The first-order valence-electron chi connectivity index (χ1n) is 6.62. The van der Waals surface area contributed by atoms with Crippen molar-refractivity contribution in [3.05, 3.63) is 5.01 Å². The minimum atomic E-state index is -0.395. The van der Waals surface area contributed by atoms with Crippen LogP contribution in [0.15, 0.2) is 0 Å². The molecule has 1 aromatic rings. The SMILES string of the molecule is CCCNc1nnc(CN2CCC(C)(C(N)=O)C2)s1. The molecule has 2 heterocycles. The number of hydrogen-bond donors (Lipinski definition) is 2. The summed E-state index contributed by atoms with van der Waals surface area (Å²) in [4.78, 5) is 13.6. The monoisotopic (exact) mass is 283 g/mol. The van der Waals surface area contributed by atoms with Crippen LogP contribution in [0, 0.1) is 5.41 Å². The van der Waals surface area contributed by atoms with Crippen LogP contribution < -0.4 is 11.1 Å². The molecular weight excluding hydrogens is 262 g/mol. The molecular formula is C12H21N5OS. The van der Waals surface area contributed by atoms with Crippen LogP contribution in [-0.2, 0) is 11.3 Å². The van der Waals surface area contributed by atoms with Gasteiger partial charge in [-0.25, -0.2) is 0 Å². The minimum absolute atomic E-state index is 0.211. The van der Waals surface area contributed by atoms with Crippen LogP contribution in [0.1, 0.15) is 31.7 Å². The molecule has 1 aliphatic heterocycles. The van der Waals surface area contributed by atoms with Gasteiger partial charge in [0.15, 0.2) is 0 Å². The summed E-state index contributed by atoms with van der Waals surface area (Å²) >= 11 is 1.58. The lowest BCUT2D eigenvalue weighted by Crippen LogP contribution is -2.36. The average Bonchev–Trinajstić information content (AvgIpc) is 2.95. The fourth-order valence-electron chi connectivity index (χ4n) is 2.20. The molecule has 1 aliphatic rings. The number of aromatic nitrogens is 2. The Morgan fingerprint density at radius 3 is 3.00 bits per heavy atom. The van der Waals surface area contributed by atoms with Crippen molar-refractivity contribution in [2.75, 3.05) is 25.0 Å². The van der Waals surface area contributed by atoms with Crippen LogP contribution in [0.25, 0.3) is 0 Å². The topological polar surface area (TPSA) is 84.1 Å². The molecule has 2 rings (SSSR count). The van der Waals surface area contributed by atoms with Gasteiger partial charge in [-0.15, -0.1) is 10.2 Å². The van der Waals surface area contributed by atoms with Crippen molar-refractivity contribution in [2.24, 2.45) is 11.1 Å². The molecule has 0 spiro atoms. The predicted octanol–water partition coefficient (Wildman–Crippen LogP) is 1.06. The normalized spacial score (nSPS) is 23.7. The number of anilines is 1. The van der Waals surface area contributed by atoms with Crippen molar-refractivity contribution >= 4 is 22.4 Å². The predicted molar refractivity (Wildman–Crippen MR) is 75.9 cm³/mol. The van der Waals surface area contributed by atoms with Crippen LogP contribution in [0.5, 0.6) is 0 Å². The van der Waals surface area contributed by atoms with Crippen LogP contribution >= 0.6 is 11.3 Å². The molecule has 1 aromatic heterocycles. The third-order valence-electron chi connectivity index (χ3n) is 3.50. The minimum Gasteiger partial charge on any atom is -0.369 e. The standard InChI is InChI=1S/C12H21N5OS/c1-3-5-14-11-16-15-9(19-11)7-17-6-4-12(2,8-17)10(13)18/h3-8H2,1-2H3,(H2,13,18)(H,14,16). The smallest absolute Gasteiger partial charge is 0.224 e. The first kappa shape index (κ1) is 14.2. The van der Waals surface area contributed by atoms with Gasteiger partial charge in [0.2, 0.25) is 11.0 Å². The summed E-state index contributed by atoms with van der Waals surface area (Å²) in [7, 11) is 0. The molecule has 1 atom stereocenters. The summed E-state index contributed by atoms with van der Waals surface area (Å²) in [6.45, 7) is 7.30. The quantitative estimate of drug-likeness (QED) is 0.815. The lowest BCUT2D eigenvalue weighted by atomic mass is 9.89. The molecule has 1 saturated heterocycles. The van der Waals surface area contributed by atoms with Crippen molar-refractivity contribution in [1.29, 1.82) is 0 Å². The number of primary amides is 1. The van der Waals surface area contributed by atoms with E-state index in [9.17, 15) is 4.79 Å². The molecule has 19 heavy (non-hydrogen) atoms. The summed E-state index contributed by atoms with van der Waals surface area (Å²) < 4.78 is 0. The Bertz CT molecular complexity index is 449. The molecule has 0 aromatic carbocycles. The number of likely N-dealkylation sites (tertiary alicyclic amines) is 1. The number of hydrogen-bond acceptors (Lipinski definition) is 6. The molecule has 106 valence electrons. The van der Waals surface area contributed by atoms with E-state index in [-0.39, 0.29) is 5.91 Å². The van der Waals surface area contributed by atoms with Gasteiger partial charge in [0.05, 0.1) is 12.0 Å². The molecule has 1 unspecified atom stereocenters. The zero-order valence-corrected chi connectivity index (χ0v) is 12.3. The molecule has 7 heteroatoms. The summed E-state index contributed by atoms with van der Waals surface area (Å²) in [6, 6.07) is 0. The van der Waals surface area contributed by atoms with E-state index in [0.29, 0.717) is 6.54 Å². The highest BCUT2D eigenvalue weighted by Gasteiger charge is 2.38. The molecule has 6 nitrogen and oxygen atoms in total. The maximum Gasteiger partial charge on any atom is 0.224 e. The highest BCUT2D eigenvalue weighted by atomic mass is 32.1. The van der Waals surface area contributed by atoms with Gasteiger partial charge in [0, 0.05) is 13.1 Å². The Kier molecular flexibility index (Phi) is 4.36. The molecule has 3 N–H and O–H groups in total. The van der Waals surface area contributed by atoms with Crippen LogP contribution in [0.2, 0.25) is 0 Å². The number of nitrogens with one attached hydrogen (secondary N) is 1. The van der Waals surface area contributed by atoms with Crippen LogP contribution in [0.4, 0.5) is 5.13 Å². The Morgan fingerprint density at radius 2 is 2.37 bits per heavy atom. The van der Waals surface area contributed by atoms with E-state index >= 15 is 0 Å². The third kappa shape index (κ3) is 3.42. The Labute approximate surface area is 117 Å². The van der Waals surface area contributed by atoms with E-state index in [1.54, 1.807) is 11.3 Å². The lowest BCUT2D eigenvalue weighted by Gasteiger charge is -2.20. The Balaban J connectivity index is 1.89. The maximum atomic E-state index is 11.4. The number of carbonyl (C=O) groups is 1. The van der Waals surface area contributed by atoms with Crippen molar-refractivity contribution in [2.45, 2.75) is 33.2 Å². The van der Waals surface area contributed by atoms with E-state index in [1.807, 2.05) is 6.92 Å². The van der Waals surface area contributed by atoms with Crippen molar-refractivity contribution < 1.29 is 4.79 Å². The third-order valence-corrected chi connectivity index (χ3v) is 4.36. The maximum absolute atomic E-state index is 11.4. The zero-order chi connectivity index (χ0) is 13.9. The first-order chi connectivity index (χ1) is 9.03. The van der Waals surface area contributed by atoms with E-state index < -0.39 is 5.41 Å². The largest absolute Gasteiger partial charge is 0.369 e. The fraction of sp³-hybridized carbons (Fsp3) is 0.750. The summed E-state index contributed by atoms with van der Waals surface area (Å²) in [5.74, 6) is -0.211. The van der Waals surface area contributed by atoms with Gasteiger partial charge in [0.25, 0.3) is 0 Å². The second kappa shape index (κ2) is 5.83. The number of rotatable bonds is 6. The van der Waals surface area contributed by atoms with Crippen molar-refractivity contribution in [3.63, 3.8) is 0 Å². The van der Waals surface area contributed by atoms with Crippen LogP contribution in [-0.4, -0.2) is 40.6 Å². The molecule has 0 bridgehead atoms. The van der Waals surface area contributed by atoms with E-state index in [2.05, 4.69) is 27.3 Å². The number of nitrogens with two attached hydrogens (primary N) is 1.